The SMILES string of the molecule is CC(C)(C)c1cc(O)c2c(c1)OC(C)(C)[C@@H]1CC=C(C(=O)NC[C@@H](O)CO)C[C@@H]21. The summed E-state index contributed by atoms with van der Waals surface area (Å²) in [6, 6.07) is 3.83. The number of phenolic OH excluding ortho intramolecular Hbond substituents is 1. The highest BCUT2D eigenvalue weighted by molar-refractivity contribution is 5.93. The van der Waals surface area contributed by atoms with E-state index in [-0.39, 0.29) is 35.5 Å². The van der Waals surface area contributed by atoms with E-state index in [1.165, 1.54) is 0 Å². The van der Waals surface area contributed by atoms with E-state index in [9.17, 15) is 15.0 Å². The van der Waals surface area contributed by atoms with Crippen molar-refractivity contribution in [1.29, 1.82) is 0 Å². The third-order valence-corrected chi connectivity index (χ3v) is 6.17. The lowest BCUT2D eigenvalue weighted by Crippen LogP contribution is -2.46. The zero-order valence-corrected chi connectivity index (χ0v) is 18.0. The fourth-order valence-corrected chi connectivity index (χ4v) is 4.40. The van der Waals surface area contributed by atoms with Gasteiger partial charge in [0.25, 0.3) is 0 Å². The van der Waals surface area contributed by atoms with Crippen LogP contribution in [0.4, 0.5) is 0 Å². The van der Waals surface area contributed by atoms with Gasteiger partial charge in [-0.05, 0) is 49.8 Å². The van der Waals surface area contributed by atoms with Gasteiger partial charge in [-0.15, -0.1) is 0 Å². The lowest BCUT2D eigenvalue weighted by molar-refractivity contribution is -0.118. The number of rotatable bonds is 4. The van der Waals surface area contributed by atoms with E-state index in [1.807, 2.05) is 18.2 Å². The number of aliphatic hydroxyl groups excluding tert-OH is 2. The molecule has 1 aliphatic carbocycles. The second-order valence-electron chi connectivity index (χ2n) is 9.79. The predicted molar refractivity (Wildman–Crippen MR) is 111 cm³/mol. The number of aromatic hydroxyl groups is 1. The molecule has 1 amide bonds. The summed E-state index contributed by atoms with van der Waals surface area (Å²) in [4.78, 5) is 12.6. The quantitative estimate of drug-likeness (QED) is 0.620. The van der Waals surface area contributed by atoms with Crippen LogP contribution >= 0.6 is 0 Å². The highest BCUT2D eigenvalue weighted by Crippen LogP contribution is 2.54. The maximum absolute atomic E-state index is 12.6. The topological polar surface area (TPSA) is 99.0 Å². The molecule has 0 saturated heterocycles. The molecule has 1 aliphatic heterocycles. The van der Waals surface area contributed by atoms with Crippen LogP contribution in [0.25, 0.3) is 0 Å². The Labute approximate surface area is 172 Å². The Morgan fingerprint density at radius 1 is 1.34 bits per heavy atom. The first-order valence-corrected chi connectivity index (χ1v) is 10.3. The molecule has 6 nitrogen and oxygen atoms in total. The maximum Gasteiger partial charge on any atom is 0.246 e. The lowest BCUT2D eigenvalue weighted by atomic mass is 9.66. The Morgan fingerprint density at radius 2 is 2.03 bits per heavy atom. The molecule has 3 rings (SSSR count). The number of carbonyl (C=O) groups excluding carboxylic acids is 1. The van der Waals surface area contributed by atoms with Crippen molar-refractivity contribution in [1.82, 2.24) is 5.32 Å². The first kappa shape index (κ1) is 21.7. The maximum atomic E-state index is 12.6. The van der Waals surface area contributed by atoms with Crippen LogP contribution in [-0.2, 0) is 10.2 Å². The predicted octanol–water partition coefficient (Wildman–Crippen LogP) is 2.75. The third-order valence-electron chi connectivity index (χ3n) is 6.17. The summed E-state index contributed by atoms with van der Waals surface area (Å²) in [6.45, 7) is 10.0. The molecule has 160 valence electrons. The number of aliphatic hydroxyl groups is 2. The third kappa shape index (κ3) is 4.28. The van der Waals surface area contributed by atoms with Gasteiger partial charge in [0, 0.05) is 29.5 Å². The molecule has 3 atom stereocenters. The highest BCUT2D eigenvalue weighted by Gasteiger charge is 2.47. The Morgan fingerprint density at radius 3 is 2.66 bits per heavy atom. The van der Waals surface area contributed by atoms with Crippen LogP contribution < -0.4 is 10.1 Å². The molecule has 29 heavy (non-hydrogen) atoms. The van der Waals surface area contributed by atoms with Crippen molar-refractivity contribution < 1.29 is 24.9 Å². The summed E-state index contributed by atoms with van der Waals surface area (Å²) in [5.74, 6) is 0.777. The lowest BCUT2D eigenvalue weighted by Gasteiger charge is -2.47. The van der Waals surface area contributed by atoms with E-state index in [0.29, 0.717) is 24.2 Å². The summed E-state index contributed by atoms with van der Waals surface area (Å²) in [5, 5.41) is 32.0. The van der Waals surface area contributed by atoms with Gasteiger partial charge < -0.3 is 25.4 Å². The largest absolute Gasteiger partial charge is 0.508 e. The Bertz CT molecular complexity index is 821. The molecule has 0 saturated carbocycles. The number of fused-ring (bicyclic) bond motifs is 3. The number of carbonyl (C=O) groups is 1. The first-order chi connectivity index (χ1) is 13.4. The second kappa shape index (κ2) is 7.65. The number of nitrogens with one attached hydrogen (secondary N) is 1. The summed E-state index contributed by atoms with van der Waals surface area (Å²) in [7, 11) is 0. The van der Waals surface area contributed by atoms with Gasteiger partial charge in [0.2, 0.25) is 5.91 Å². The van der Waals surface area contributed by atoms with Gasteiger partial charge in [-0.3, -0.25) is 4.79 Å². The first-order valence-electron chi connectivity index (χ1n) is 10.3. The highest BCUT2D eigenvalue weighted by atomic mass is 16.5. The average molecular weight is 404 g/mol. The minimum Gasteiger partial charge on any atom is -0.508 e. The van der Waals surface area contributed by atoms with Crippen molar-refractivity contribution in [2.75, 3.05) is 13.2 Å². The molecule has 1 heterocycles. The number of benzene rings is 1. The minimum atomic E-state index is -0.974. The van der Waals surface area contributed by atoms with Gasteiger partial charge in [-0.25, -0.2) is 0 Å². The van der Waals surface area contributed by atoms with Crippen LogP contribution in [0, 0.1) is 5.92 Å². The molecule has 4 N–H and O–H groups in total. The molecular weight excluding hydrogens is 370 g/mol. The van der Waals surface area contributed by atoms with Crippen LogP contribution in [0.5, 0.6) is 11.5 Å². The fraction of sp³-hybridized carbons (Fsp3) is 0.609. The summed E-state index contributed by atoms with van der Waals surface area (Å²) in [5.41, 5.74) is 1.87. The molecule has 0 spiro atoms. The van der Waals surface area contributed by atoms with Crippen LogP contribution in [0.2, 0.25) is 0 Å². The van der Waals surface area contributed by atoms with Crippen molar-refractivity contribution in [3.05, 3.63) is 34.9 Å². The van der Waals surface area contributed by atoms with Gasteiger partial charge in [0.1, 0.15) is 17.1 Å². The van der Waals surface area contributed by atoms with Crippen LogP contribution in [0.15, 0.2) is 23.8 Å². The molecule has 0 unspecified atom stereocenters. The number of phenols is 1. The Hall–Kier alpha value is -2.05. The van der Waals surface area contributed by atoms with Crippen LogP contribution in [0.3, 0.4) is 0 Å². The number of hydrogen-bond donors (Lipinski definition) is 4. The van der Waals surface area contributed by atoms with Crippen molar-refractivity contribution in [3.63, 3.8) is 0 Å². The van der Waals surface area contributed by atoms with Gasteiger partial charge in [-0.2, -0.15) is 0 Å². The zero-order valence-electron chi connectivity index (χ0n) is 18.0. The number of hydrogen-bond acceptors (Lipinski definition) is 5. The zero-order chi connectivity index (χ0) is 21.6. The van der Waals surface area contributed by atoms with E-state index in [0.717, 1.165) is 11.1 Å². The summed E-state index contributed by atoms with van der Waals surface area (Å²) in [6.07, 6.45) is 2.12. The second-order valence-corrected chi connectivity index (χ2v) is 9.79. The molecule has 2 aliphatic rings. The van der Waals surface area contributed by atoms with Gasteiger partial charge >= 0.3 is 0 Å². The van der Waals surface area contributed by atoms with Gasteiger partial charge in [0.05, 0.1) is 12.7 Å². The van der Waals surface area contributed by atoms with Crippen molar-refractivity contribution in [3.8, 4) is 11.5 Å². The number of allylic oxidation sites excluding steroid dienone is 1. The van der Waals surface area contributed by atoms with Crippen molar-refractivity contribution in [2.24, 2.45) is 5.92 Å². The van der Waals surface area contributed by atoms with Crippen LogP contribution in [-0.4, -0.2) is 46.1 Å². The molecule has 0 bridgehead atoms. The van der Waals surface area contributed by atoms with Crippen molar-refractivity contribution >= 4 is 5.91 Å². The van der Waals surface area contributed by atoms with E-state index in [1.54, 1.807) is 0 Å². The summed E-state index contributed by atoms with van der Waals surface area (Å²) >= 11 is 0. The van der Waals surface area contributed by atoms with E-state index < -0.39 is 18.3 Å². The van der Waals surface area contributed by atoms with Crippen LogP contribution in [0.1, 0.15) is 64.5 Å². The van der Waals surface area contributed by atoms with Gasteiger partial charge in [0.15, 0.2) is 0 Å². The standard InChI is InChI=1S/C23H33NO5/c1-22(2,3)14-9-18(27)20-16-8-13(21(28)24-11-15(26)12-25)6-7-17(16)23(4,5)29-19(20)10-14/h6,9-10,15-17,25-27H,7-8,11-12H2,1-5H3,(H,24,28)/t15-,16-,17-/m1/s1. The summed E-state index contributed by atoms with van der Waals surface area (Å²) < 4.78 is 6.34. The molecule has 0 fully saturated rings. The number of ether oxygens (including phenoxy) is 1. The average Bonchev–Trinajstić information content (AvgIpc) is 2.63. The molecule has 0 aromatic heterocycles. The van der Waals surface area contributed by atoms with E-state index in [4.69, 9.17) is 9.84 Å². The molecular formula is C23H33NO5. The Balaban J connectivity index is 1.93. The minimum absolute atomic E-state index is 0.00610. The van der Waals surface area contributed by atoms with Gasteiger partial charge in [-0.1, -0.05) is 26.8 Å². The smallest absolute Gasteiger partial charge is 0.246 e. The Kier molecular flexibility index (Phi) is 5.71. The van der Waals surface area contributed by atoms with E-state index in [2.05, 4.69) is 39.9 Å². The molecule has 0 radical (unpaired) electrons. The van der Waals surface area contributed by atoms with Crippen molar-refractivity contribution in [2.45, 2.75) is 70.5 Å². The molecule has 1 aromatic carbocycles. The molecule has 1 aromatic rings. The number of amides is 1. The monoisotopic (exact) mass is 403 g/mol. The molecule has 6 heteroatoms. The van der Waals surface area contributed by atoms with E-state index >= 15 is 0 Å². The normalized spacial score (nSPS) is 23.9. The fourth-order valence-electron chi connectivity index (χ4n) is 4.40.